The molecule has 94 valence electrons. The van der Waals surface area contributed by atoms with Gasteiger partial charge in [0.05, 0.1) is 6.42 Å². The minimum absolute atomic E-state index is 0.0695. The van der Waals surface area contributed by atoms with E-state index in [0.29, 0.717) is 16.4 Å². The summed E-state index contributed by atoms with van der Waals surface area (Å²) in [6, 6.07) is 7.18. The molecule has 1 aliphatic heterocycles. The molecule has 0 amide bonds. The number of ketones is 1. The number of allylic oxidation sites excluding steroid dienone is 2. The second-order valence-electron chi connectivity index (χ2n) is 4.31. The highest BCUT2D eigenvalue weighted by Gasteiger charge is 2.31. The Morgan fingerprint density at radius 2 is 1.94 bits per heavy atom. The number of carbonyl (C=O) groups is 2. The van der Waals surface area contributed by atoms with E-state index in [0.717, 1.165) is 5.56 Å². The molecule has 0 aromatic heterocycles. The molecule has 2 rings (SSSR count). The van der Waals surface area contributed by atoms with E-state index in [1.807, 2.05) is 12.1 Å². The van der Waals surface area contributed by atoms with Gasteiger partial charge in [0.15, 0.2) is 5.78 Å². The number of hydrogen-bond donors (Lipinski definition) is 0. The largest absolute Gasteiger partial charge is 0.431 e. The molecule has 0 aliphatic carbocycles. The number of Topliss-reactive ketones (excluding diaryl/α,β-unsaturated/α-hetero) is 1. The van der Waals surface area contributed by atoms with Crippen molar-refractivity contribution < 1.29 is 14.3 Å². The van der Waals surface area contributed by atoms with Crippen molar-refractivity contribution in [3.8, 4) is 0 Å². The Labute approximate surface area is 110 Å². The zero-order valence-corrected chi connectivity index (χ0v) is 11.0. The maximum Gasteiger partial charge on any atom is 0.311 e. The van der Waals surface area contributed by atoms with Crippen LogP contribution < -0.4 is 0 Å². The molecular formula is C14H13ClO3. The maximum atomic E-state index is 11.7. The van der Waals surface area contributed by atoms with Gasteiger partial charge in [-0.15, -0.1) is 0 Å². The normalized spacial score (nSPS) is 19.7. The summed E-state index contributed by atoms with van der Waals surface area (Å²) in [6.45, 7) is 3.14. The van der Waals surface area contributed by atoms with Gasteiger partial charge in [-0.1, -0.05) is 23.7 Å². The number of halogens is 1. The van der Waals surface area contributed by atoms with Gasteiger partial charge in [0.2, 0.25) is 0 Å². The maximum absolute atomic E-state index is 11.7. The first-order valence-corrected chi connectivity index (χ1v) is 6.04. The molecule has 1 aromatic carbocycles. The lowest BCUT2D eigenvalue weighted by molar-refractivity contribution is -0.141. The smallest absolute Gasteiger partial charge is 0.311 e. The summed E-state index contributed by atoms with van der Waals surface area (Å²) in [4.78, 5) is 23.2. The number of cyclic esters (lactones) is 1. The van der Waals surface area contributed by atoms with Crippen molar-refractivity contribution >= 4 is 23.4 Å². The Bertz CT molecular complexity index is 528. The minimum atomic E-state index is -0.308. The van der Waals surface area contributed by atoms with Gasteiger partial charge in [-0.05, 0) is 31.5 Å². The molecule has 0 spiro atoms. The summed E-state index contributed by atoms with van der Waals surface area (Å²) in [7, 11) is 0. The predicted molar refractivity (Wildman–Crippen MR) is 68.3 cm³/mol. The standard InChI is InChI=1S/C14H13ClO3/c1-8(16)14-9(2)18-13(17)7-12(14)10-3-5-11(15)6-4-10/h3-6,12H,7H2,1-2H3/t12-/m0/s1. The number of benzene rings is 1. The zero-order valence-electron chi connectivity index (χ0n) is 10.2. The first kappa shape index (κ1) is 12.8. The molecule has 0 bridgehead atoms. The van der Waals surface area contributed by atoms with E-state index >= 15 is 0 Å². The lowest BCUT2D eigenvalue weighted by atomic mass is 9.84. The topological polar surface area (TPSA) is 43.4 Å². The second-order valence-corrected chi connectivity index (χ2v) is 4.74. The molecule has 18 heavy (non-hydrogen) atoms. The van der Waals surface area contributed by atoms with Gasteiger partial charge in [-0.25, -0.2) is 0 Å². The average molecular weight is 265 g/mol. The first-order chi connectivity index (χ1) is 8.49. The quantitative estimate of drug-likeness (QED) is 0.770. The number of hydrogen-bond acceptors (Lipinski definition) is 3. The Hall–Kier alpha value is -1.61. The molecule has 1 atom stereocenters. The Kier molecular flexibility index (Phi) is 3.53. The number of esters is 1. The SMILES string of the molecule is CC(=O)C1=C(C)OC(=O)C[C@H]1c1ccc(Cl)cc1. The van der Waals surface area contributed by atoms with Crippen LogP contribution in [0.3, 0.4) is 0 Å². The van der Waals surface area contributed by atoms with Crippen molar-refractivity contribution in [2.24, 2.45) is 0 Å². The van der Waals surface area contributed by atoms with Crippen LogP contribution in [0, 0.1) is 0 Å². The van der Waals surface area contributed by atoms with Crippen LogP contribution in [0.25, 0.3) is 0 Å². The third-order valence-corrected chi connectivity index (χ3v) is 3.27. The van der Waals surface area contributed by atoms with Gasteiger partial charge >= 0.3 is 5.97 Å². The third-order valence-electron chi connectivity index (χ3n) is 3.02. The van der Waals surface area contributed by atoms with E-state index in [1.54, 1.807) is 19.1 Å². The van der Waals surface area contributed by atoms with E-state index in [1.165, 1.54) is 6.92 Å². The van der Waals surface area contributed by atoms with Crippen LogP contribution in [0.1, 0.15) is 31.7 Å². The van der Waals surface area contributed by atoms with Crippen LogP contribution in [0.4, 0.5) is 0 Å². The van der Waals surface area contributed by atoms with Crippen LogP contribution in [0.2, 0.25) is 5.02 Å². The van der Waals surface area contributed by atoms with Crippen LogP contribution in [0.15, 0.2) is 35.6 Å². The van der Waals surface area contributed by atoms with Gasteiger partial charge in [0.1, 0.15) is 5.76 Å². The highest BCUT2D eigenvalue weighted by Crippen LogP contribution is 2.35. The minimum Gasteiger partial charge on any atom is -0.431 e. The van der Waals surface area contributed by atoms with Gasteiger partial charge in [0, 0.05) is 16.5 Å². The fraction of sp³-hybridized carbons (Fsp3) is 0.286. The fourth-order valence-electron chi connectivity index (χ4n) is 2.25. The van der Waals surface area contributed by atoms with Gasteiger partial charge in [0.25, 0.3) is 0 Å². The first-order valence-electron chi connectivity index (χ1n) is 5.67. The Morgan fingerprint density at radius 1 is 1.33 bits per heavy atom. The predicted octanol–water partition coefficient (Wildman–Crippen LogP) is 3.23. The summed E-state index contributed by atoms with van der Waals surface area (Å²) >= 11 is 5.84. The molecule has 0 saturated heterocycles. The lowest BCUT2D eigenvalue weighted by Crippen LogP contribution is -2.23. The molecule has 0 N–H and O–H groups in total. The molecule has 0 radical (unpaired) electrons. The highest BCUT2D eigenvalue weighted by molar-refractivity contribution is 6.30. The third kappa shape index (κ3) is 2.46. The Balaban J connectivity index is 2.46. The molecule has 0 fully saturated rings. The van der Waals surface area contributed by atoms with E-state index in [9.17, 15) is 9.59 Å². The summed E-state index contributed by atoms with van der Waals surface area (Å²) in [5.74, 6) is -0.211. The second kappa shape index (κ2) is 4.94. The molecule has 3 nitrogen and oxygen atoms in total. The Morgan fingerprint density at radius 3 is 2.50 bits per heavy atom. The molecule has 1 aliphatic rings. The van der Waals surface area contributed by atoms with E-state index in [-0.39, 0.29) is 24.1 Å². The summed E-state index contributed by atoms with van der Waals surface area (Å²) in [5, 5.41) is 0.627. The van der Waals surface area contributed by atoms with Crippen molar-refractivity contribution in [1.82, 2.24) is 0 Å². The van der Waals surface area contributed by atoms with Crippen molar-refractivity contribution in [2.75, 3.05) is 0 Å². The average Bonchev–Trinajstić information content (AvgIpc) is 2.28. The molecule has 0 unspecified atom stereocenters. The fourth-order valence-corrected chi connectivity index (χ4v) is 2.38. The van der Waals surface area contributed by atoms with Gasteiger partial charge < -0.3 is 4.74 Å². The number of rotatable bonds is 2. The van der Waals surface area contributed by atoms with Crippen LogP contribution in [-0.4, -0.2) is 11.8 Å². The van der Waals surface area contributed by atoms with Crippen LogP contribution in [-0.2, 0) is 14.3 Å². The molecule has 0 saturated carbocycles. The van der Waals surface area contributed by atoms with E-state index in [4.69, 9.17) is 16.3 Å². The van der Waals surface area contributed by atoms with E-state index < -0.39 is 0 Å². The van der Waals surface area contributed by atoms with Crippen molar-refractivity contribution in [3.63, 3.8) is 0 Å². The van der Waals surface area contributed by atoms with Crippen molar-refractivity contribution in [1.29, 1.82) is 0 Å². The summed E-state index contributed by atoms with van der Waals surface area (Å²) < 4.78 is 5.03. The van der Waals surface area contributed by atoms with E-state index in [2.05, 4.69) is 0 Å². The molecule has 1 aromatic rings. The van der Waals surface area contributed by atoms with Crippen LogP contribution in [0.5, 0.6) is 0 Å². The van der Waals surface area contributed by atoms with Gasteiger partial charge in [-0.3, -0.25) is 9.59 Å². The zero-order chi connectivity index (χ0) is 13.3. The number of carbonyl (C=O) groups excluding carboxylic acids is 2. The molecule has 1 heterocycles. The monoisotopic (exact) mass is 264 g/mol. The highest BCUT2D eigenvalue weighted by atomic mass is 35.5. The van der Waals surface area contributed by atoms with Crippen molar-refractivity contribution in [2.45, 2.75) is 26.2 Å². The number of ether oxygens (including phenoxy) is 1. The summed E-state index contributed by atoms with van der Waals surface area (Å²) in [6.07, 6.45) is 0.188. The lowest BCUT2D eigenvalue weighted by Gasteiger charge is -2.25. The van der Waals surface area contributed by atoms with Gasteiger partial charge in [-0.2, -0.15) is 0 Å². The summed E-state index contributed by atoms with van der Waals surface area (Å²) in [5.41, 5.74) is 1.47. The molecule has 4 heteroatoms. The van der Waals surface area contributed by atoms with Crippen molar-refractivity contribution in [3.05, 3.63) is 46.2 Å². The molecular weight excluding hydrogens is 252 g/mol. The van der Waals surface area contributed by atoms with Crippen LogP contribution >= 0.6 is 11.6 Å².